The van der Waals surface area contributed by atoms with Crippen molar-refractivity contribution < 1.29 is 4.79 Å². The Kier molecular flexibility index (Phi) is 5.24. The minimum absolute atomic E-state index is 0.119. The second kappa shape index (κ2) is 7.17. The minimum Gasteiger partial charge on any atom is -0.349 e. The fourth-order valence-corrected chi connectivity index (χ4v) is 8.46. The Morgan fingerprint density at radius 2 is 1.86 bits per heavy atom. The van der Waals surface area contributed by atoms with Gasteiger partial charge < -0.3 is 5.32 Å². The summed E-state index contributed by atoms with van der Waals surface area (Å²) in [5.74, 6) is 5.91. The fraction of sp³-hybridized carbons (Fsp3) is 0.885. The SMILES string of the molecule is CC(C)CCC(C)C1CC[C@H]2[C@@H]3C(C)CC4NC(=O)C=C[C@]4(C)[C@@H]3CC[C@]12C. The molecule has 3 saturated carbocycles. The van der Waals surface area contributed by atoms with Crippen molar-refractivity contribution in [1.82, 2.24) is 5.32 Å². The molecule has 4 unspecified atom stereocenters. The van der Waals surface area contributed by atoms with Crippen molar-refractivity contribution in [3.05, 3.63) is 12.2 Å². The van der Waals surface area contributed by atoms with Crippen molar-refractivity contribution in [3.8, 4) is 0 Å². The van der Waals surface area contributed by atoms with E-state index in [2.05, 4.69) is 52.9 Å². The van der Waals surface area contributed by atoms with Crippen LogP contribution in [0.3, 0.4) is 0 Å². The third-order valence-electron chi connectivity index (χ3n) is 10.0. The predicted molar refractivity (Wildman–Crippen MR) is 117 cm³/mol. The number of hydrogen-bond acceptors (Lipinski definition) is 1. The first-order chi connectivity index (χ1) is 13.2. The molecule has 1 amide bonds. The predicted octanol–water partition coefficient (Wildman–Crippen LogP) is 6.22. The first-order valence-electron chi connectivity index (χ1n) is 12.2. The smallest absolute Gasteiger partial charge is 0.243 e. The molecule has 3 fully saturated rings. The van der Waals surface area contributed by atoms with Gasteiger partial charge in [-0.25, -0.2) is 0 Å². The Morgan fingerprint density at radius 1 is 1.11 bits per heavy atom. The number of fused-ring (bicyclic) bond motifs is 5. The van der Waals surface area contributed by atoms with E-state index in [9.17, 15) is 4.79 Å². The molecule has 0 radical (unpaired) electrons. The second-order valence-electron chi connectivity index (χ2n) is 11.9. The lowest BCUT2D eigenvalue weighted by molar-refractivity contribution is -0.126. The molecule has 0 aromatic heterocycles. The number of carbonyl (C=O) groups excluding carboxylic acids is 1. The van der Waals surface area contributed by atoms with Gasteiger partial charge in [-0.2, -0.15) is 0 Å². The Balaban J connectivity index is 1.58. The largest absolute Gasteiger partial charge is 0.349 e. The monoisotopic (exact) mass is 385 g/mol. The van der Waals surface area contributed by atoms with Gasteiger partial charge in [-0.15, -0.1) is 0 Å². The number of amides is 1. The summed E-state index contributed by atoms with van der Waals surface area (Å²) >= 11 is 0. The summed E-state index contributed by atoms with van der Waals surface area (Å²) in [5, 5.41) is 3.32. The van der Waals surface area contributed by atoms with E-state index in [1.54, 1.807) is 0 Å². The molecule has 0 saturated heterocycles. The lowest BCUT2D eigenvalue weighted by Crippen LogP contribution is -2.61. The molecular formula is C26H43NO. The molecule has 4 aliphatic rings. The van der Waals surface area contributed by atoms with Crippen molar-refractivity contribution >= 4 is 5.91 Å². The van der Waals surface area contributed by atoms with Crippen LogP contribution in [-0.2, 0) is 4.79 Å². The molecule has 0 bridgehead atoms. The highest BCUT2D eigenvalue weighted by atomic mass is 16.1. The summed E-state index contributed by atoms with van der Waals surface area (Å²) in [7, 11) is 0. The highest BCUT2D eigenvalue weighted by molar-refractivity contribution is 5.89. The molecule has 4 rings (SSSR count). The van der Waals surface area contributed by atoms with Gasteiger partial charge in [0.25, 0.3) is 0 Å². The van der Waals surface area contributed by atoms with E-state index in [4.69, 9.17) is 0 Å². The topological polar surface area (TPSA) is 29.1 Å². The van der Waals surface area contributed by atoms with Crippen molar-refractivity contribution in [1.29, 1.82) is 0 Å². The van der Waals surface area contributed by atoms with Gasteiger partial charge in [0.15, 0.2) is 0 Å². The van der Waals surface area contributed by atoms with E-state index in [0.717, 1.165) is 47.8 Å². The van der Waals surface area contributed by atoms with Crippen LogP contribution in [0.15, 0.2) is 12.2 Å². The van der Waals surface area contributed by atoms with Gasteiger partial charge in [-0.3, -0.25) is 4.79 Å². The van der Waals surface area contributed by atoms with E-state index >= 15 is 0 Å². The second-order valence-corrected chi connectivity index (χ2v) is 11.9. The summed E-state index contributed by atoms with van der Waals surface area (Å²) in [6.07, 6.45) is 13.7. The van der Waals surface area contributed by atoms with E-state index < -0.39 is 0 Å². The van der Waals surface area contributed by atoms with Crippen LogP contribution in [0.2, 0.25) is 0 Å². The summed E-state index contributed by atoms with van der Waals surface area (Å²) in [6.45, 7) is 14.9. The molecule has 0 spiro atoms. The van der Waals surface area contributed by atoms with Gasteiger partial charge in [-0.05, 0) is 85.0 Å². The highest BCUT2D eigenvalue weighted by Gasteiger charge is 2.61. The molecule has 1 aliphatic heterocycles. The summed E-state index contributed by atoms with van der Waals surface area (Å²) in [5.41, 5.74) is 0.699. The number of carbonyl (C=O) groups is 1. The first-order valence-corrected chi connectivity index (χ1v) is 12.2. The average molecular weight is 386 g/mol. The Morgan fingerprint density at radius 3 is 2.57 bits per heavy atom. The van der Waals surface area contributed by atoms with Gasteiger partial charge in [0.1, 0.15) is 0 Å². The standard InChI is InChI=1S/C26H43NO/c1-16(2)7-8-17(3)19-9-10-20-24-18(4)15-22-26(6,14-12-23(28)27-22)21(24)11-13-25(19,20)5/h12,14,16-22,24H,7-11,13,15H2,1-6H3,(H,27,28)/t17?,18?,19?,20-,21+,22?,24-,25+,26+/m0/s1. The summed E-state index contributed by atoms with van der Waals surface area (Å²) in [6, 6.07) is 0.341. The molecular weight excluding hydrogens is 342 g/mol. The van der Waals surface area contributed by atoms with Gasteiger partial charge >= 0.3 is 0 Å². The molecule has 0 aromatic carbocycles. The van der Waals surface area contributed by atoms with Crippen LogP contribution < -0.4 is 5.32 Å². The molecule has 2 nitrogen and oxygen atoms in total. The van der Waals surface area contributed by atoms with Crippen molar-refractivity contribution in [3.63, 3.8) is 0 Å². The molecule has 1 N–H and O–H groups in total. The van der Waals surface area contributed by atoms with Crippen LogP contribution in [0, 0.1) is 52.3 Å². The quantitative estimate of drug-likeness (QED) is 0.611. The number of hydrogen-bond donors (Lipinski definition) is 1. The molecule has 28 heavy (non-hydrogen) atoms. The molecule has 2 heteroatoms. The van der Waals surface area contributed by atoms with Gasteiger partial charge in [0, 0.05) is 11.5 Å². The summed E-state index contributed by atoms with van der Waals surface area (Å²) < 4.78 is 0. The lowest BCUT2D eigenvalue weighted by atomic mass is 9.45. The van der Waals surface area contributed by atoms with Crippen LogP contribution in [0.5, 0.6) is 0 Å². The van der Waals surface area contributed by atoms with Gasteiger partial charge in [0.2, 0.25) is 5.91 Å². The van der Waals surface area contributed by atoms with Crippen LogP contribution in [0.25, 0.3) is 0 Å². The van der Waals surface area contributed by atoms with Crippen molar-refractivity contribution in [2.24, 2.45) is 52.3 Å². The first kappa shape index (κ1) is 20.5. The van der Waals surface area contributed by atoms with Gasteiger partial charge in [0.05, 0.1) is 0 Å². The fourth-order valence-electron chi connectivity index (χ4n) is 8.46. The van der Waals surface area contributed by atoms with Crippen LogP contribution >= 0.6 is 0 Å². The van der Waals surface area contributed by atoms with Crippen LogP contribution in [0.1, 0.15) is 86.5 Å². The minimum atomic E-state index is 0.119. The molecule has 9 atom stereocenters. The molecule has 0 aromatic rings. The number of rotatable bonds is 4. The summed E-state index contributed by atoms with van der Waals surface area (Å²) in [4.78, 5) is 12.0. The third-order valence-corrected chi connectivity index (χ3v) is 10.0. The Labute approximate surface area is 173 Å². The highest BCUT2D eigenvalue weighted by Crippen LogP contribution is 2.67. The van der Waals surface area contributed by atoms with Crippen LogP contribution in [-0.4, -0.2) is 11.9 Å². The van der Waals surface area contributed by atoms with E-state index in [1.807, 2.05) is 6.08 Å². The average Bonchev–Trinajstić information content (AvgIpc) is 2.98. The third kappa shape index (κ3) is 3.08. The van der Waals surface area contributed by atoms with Gasteiger partial charge in [-0.1, -0.05) is 60.5 Å². The zero-order valence-electron chi connectivity index (χ0n) is 19.1. The van der Waals surface area contributed by atoms with Crippen molar-refractivity contribution in [2.75, 3.05) is 0 Å². The maximum atomic E-state index is 12.0. The Bertz CT molecular complexity index is 638. The van der Waals surface area contributed by atoms with E-state index in [0.29, 0.717) is 11.5 Å². The zero-order chi connectivity index (χ0) is 20.3. The molecule has 158 valence electrons. The molecule has 3 aliphatic carbocycles. The zero-order valence-corrected chi connectivity index (χ0v) is 19.1. The number of nitrogens with one attached hydrogen (secondary N) is 1. The lowest BCUT2D eigenvalue weighted by Gasteiger charge is -2.61. The Hall–Kier alpha value is -0.790. The van der Waals surface area contributed by atoms with Crippen molar-refractivity contribution in [2.45, 2.75) is 92.5 Å². The van der Waals surface area contributed by atoms with E-state index in [-0.39, 0.29) is 11.3 Å². The normalized spacial score (nSPS) is 48.6. The maximum Gasteiger partial charge on any atom is 0.243 e. The maximum absolute atomic E-state index is 12.0. The van der Waals surface area contributed by atoms with Crippen LogP contribution in [0.4, 0.5) is 0 Å². The van der Waals surface area contributed by atoms with E-state index in [1.165, 1.54) is 38.5 Å². The molecule has 1 heterocycles.